The molecular formula is C25H18F2N2O5. The normalized spacial score (nSPS) is 19.2. The molecule has 0 aromatic heterocycles. The molecule has 3 aromatic rings. The summed E-state index contributed by atoms with van der Waals surface area (Å²) in [4.78, 5) is 28.0. The van der Waals surface area contributed by atoms with Gasteiger partial charge in [0.05, 0.1) is 0 Å². The first kappa shape index (κ1) is 20.5. The number of para-hydroxylation sites is 1. The molecule has 1 atom stereocenters. The summed E-state index contributed by atoms with van der Waals surface area (Å²) in [6.07, 6.45) is 0. The summed E-state index contributed by atoms with van der Waals surface area (Å²) >= 11 is 0. The molecule has 2 amide bonds. The first-order chi connectivity index (χ1) is 16.5. The van der Waals surface area contributed by atoms with Crippen LogP contribution in [0.2, 0.25) is 0 Å². The number of halogens is 2. The zero-order chi connectivity index (χ0) is 23.4. The molecule has 3 aliphatic rings. The molecule has 3 aliphatic heterocycles. The number of benzene rings is 3. The number of hydrogen-bond donors (Lipinski definition) is 1. The molecule has 0 aliphatic carbocycles. The fourth-order valence-corrected chi connectivity index (χ4v) is 4.79. The smallest absolute Gasteiger partial charge is 0.246 e. The Morgan fingerprint density at radius 3 is 2.62 bits per heavy atom. The van der Waals surface area contributed by atoms with Crippen molar-refractivity contribution in [3.63, 3.8) is 0 Å². The SMILES string of the molecule is O=C(CN1C(=O)C2(COc3cc4c(cc32)OCO4)c2ccccc21)NCc1cc(F)ccc1F. The Kier molecular flexibility index (Phi) is 4.48. The zero-order valence-corrected chi connectivity index (χ0v) is 17.8. The number of nitrogens with one attached hydrogen (secondary N) is 1. The van der Waals surface area contributed by atoms with Gasteiger partial charge < -0.3 is 24.4 Å². The van der Waals surface area contributed by atoms with E-state index in [1.807, 2.05) is 12.1 Å². The maximum atomic E-state index is 13.9. The average molecular weight is 464 g/mol. The molecule has 3 aromatic carbocycles. The topological polar surface area (TPSA) is 77.1 Å². The lowest BCUT2D eigenvalue weighted by Gasteiger charge is -2.23. The molecule has 9 heteroatoms. The first-order valence-electron chi connectivity index (χ1n) is 10.7. The highest BCUT2D eigenvalue weighted by atomic mass is 19.1. The van der Waals surface area contributed by atoms with Gasteiger partial charge in [-0.05, 0) is 35.9 Å². The highest BCUT2D eigenvalue weighted by molar-refractivity contribution is 6.13. The monoisotopic (exact) mass is 464 g/mol. The molecule has 0 saturated heterocycles. The van der Waals surface area contributed by atoms with Gasteiger partial charge in [-0.1, -0.05) is 18.2 Å². The number of anilines is 1. The molecule has 1 unspecified atom stereocenters. The van der Waals surface area contributed by atoms with E-state index in [0.29, 0.717) is 28.5 Å². The highest BCUT2D eigenvalue weighted by Crippen LogP contribution is 2.54. The number of carbonyl (C=O) groups excluding carboxylic acids is 2. The number of hydrogen-bond acceptors (Lipinski definition) is 5. The van der Waals surface area contributed by atoms with Crippen molar-refractivity contribution in [3.8, 4) is 17.2 Å². The standard InChI is InChI=1S/C25H18F2N2O5/c26-15-5-6-18(27)14(7-15)10-28-23(30)11-29-19-4-2-1-3-16(19)25(24(29)31)12-32-20-9-22-21(8-17(20)25)33-13-34-22/h1-9H,10-13H2,(H,28,30). The molecule has 0 bridgehead atoms. The van der Waals surface area contributed by atoms with E-state index in [9.17, 15) is 18.4 Å². The van der Waals surface area contributed by atoms with Gasteiger partial charge in [0, 0.05) is 29.4 Å². The second-order valence-corrected chi connectivity index (χ2v) is 8.32. The molecular weight excluding hydrogens is 446 g/mol. The predicted octanol–water partition coefficient (Wildman–Crippen LogP) is 3.04. The van der Waals surface area contributed by atoms with Gasteiger partial charge in [-0.3, -0.25) is 9.59 Å². The van der Waals surface area contributed by atoms with Crippen molar-refractivity contribution < 1.29 is 32.6 Å². The van der Waals surface area contributed by atoms with E-state index in [1.54, 1.807) is 24.3 Å². The van der Waals surface area contributed by atoms with Crippen LogP contribution in [0.1, 0.15) is 16.7 Å². The van der Waals surface area contributed by atoms with Crippen molar-refractivity contribution >= 4 is 17.5 Å². The Hall–Kier alpha value is -4.14. The maximum Gasteiger partial charge on any atom is 0.246 e. The minimum Gasteiger partial charge on any atom is -0.491 e. The number of ether oxygens (including phenoxy) is 3. The quantitative estimate of drug-likeness (QED) is 0.643. The third kappa shape index (κ3) is 2.93. The number of nitrogens with zero attached hydrogens (tertiary/aromatic N) is 1. The molecule has 0 fully saturated rings. The number of amides is 2. The fourth-order valence-electron chi connectivity index (χ4n) is 4.79. The summed E-state index contributed by atoms with van der Waals surface area (Å²) < 4.78 is 44.2. The summed E-state index contributed by atoms with van der Waals surface area (Å²) in [5, 5.41) is 2.57. The second-order valence-electron chi connectivity index (χ2n) is 8.32. The van der Waals surface area contributed by atoms with E-state index in [0.717, 1.165) is 23.8 Å². The van der Waals surface area contributed by atoms with Crippen molar-refractivity contribution in [3.05, 3.63) is 82.9 Å². The van der Waals surface area contributed by atoms with Crippen LogP contribution < -0.4 is 24.4 Å². The van der Waals surface area contributed by atoms with Crippen LogP contribution in [0.5, 0.6) is 17.2 Å². The zero-order valence-electron chi connectivity index (χ0n) is 17.8. The van der Waals surface area contributed by atoms with Crippen LogP contribution in [-0.2, 0) is 21.5 Å². The van der Waals surface area contributed by atoms with Gasteiger partial charge in [-0.2, -0.15) is 0 Å². The predicted molar refractivity (Wildman–Crippen MR) is 116 cm³/mol. The Morgan fingerprint density at radius 2 is 1.76 bits per heavy atom. The third-order valence-electron chi connectivity index (χ3n) is 6.43. The Balaban J connectivity index is 1.30. The van der Waals surface area contributed by atoms with Crippen LogP contribution in [-0.4, -0.2) is 31.8 Å². The first-order valence-corrected chi connectivity index (χ1v) is 10.7. The molecule has 0 saturated carbocycles. The molecule has 1 spiro atoms. The average Bonchev–Trinajstić information content (AvgIpc) is 3.51. The second kappa shape index (κ2) is 7.44. The number of fused-ring (bicyclic) bond motifs is 5. The lowest BCUT2D eigenvalue weighted by molar-refractivity contribution is -0.125. The van der Waals surface area contributed by atoms with Crippen LogP contribution in [0.3, 0.4) is 0 Å². The summed E-state index contributed by atoms with van der Waals surface area (Å²) in [6, 6.07) is 13.7. The van der Waals surface area contributed by atoms with E-state index < -0.39 is 23.0 Å². The van der Waals surface area contributed by atoms with E-state index >= 15 is 0 Å². The van der Waals surface area contributed by atoms with Gasteiger partial charge in [0.15, 0.2) is 11.5 Å². The number of carbonyl (C=O) groups is 2. The van der Waals surface area contributed by atoms with Gasteiger partial charge in [0.1, 0.15) is 36.0 Å². The summed E-state index contributed by atoms with van der Waals surface area (Å²) in [7, 11) is 0. The van der Waals surface area contributed by atoms with Crippen molar-refractivity contribution in [1.82, 2.24) is 5.32 Å². The van der Waals surface area contributed by atoms with Gasteiger partial charge in [-0.25, -0.2) is 8.78 Å². The molecule has 172 valence electrons. The van der Waals surface area contributed by atoms with E-state index in [4.69, 9.17) is 14.2 Å². The third-order valence-corrected chi connectivity index (χ3v) is 6.43. The van der Waals surface area contributed by atoms with E-state index in [-0.39, 0.29) is 38.0 Å². The van der Waals surface area contributed by atoms with Gasteiger partial charge in [0.2, 0.25) is 18.6 Å². The Morgan fingerprint density at radius 1 is 0.971 bits per heavy atom. The lowest BCUT2D eigenvalue weighted by atomic mass is 9.77. The molecule has 7 nitrogen and oxygen atoms in total. The summed E-state index contributed by atoms with van der Waals surface area (Å²) in [5.41, 5.74) is 0.864. The highest BCUT2D eigenvalue weighted by Gasteiger charge is 2.57. The molecule has 6 rings (SSSR count). The molecule has 34 heavy (non-hydrogen) atoms. The largest absolute Gasteiger partial charge is 0.491 e. The number of rotatable bonds is 4. The van der Waals surface area contributed by atoms with Gasteiger partial charge in [-0.15, -0.1) is 0 Å². The van der Waals surface area contributed by atoms with Crippen LogP contribution in [0.4, 0.5) is 14.5 Å². The molecule has 0 radical (unpaired) electrons. The van der Waals surface area contributed by atoms with Crippen LogP contribution in [0.15, 0.2) is 54.6 Å². The van der Waals surface area contributed by atoms with Gasteiger partial charge in [0.25, 0.3) is 0 Å². The Bertz CT molecular complexity index is 1360. The molecule has 3 heterocycles. The van der Waals surface area contributed by atoms with Crippen molar-refractivity contribution in [2.45, 2.75) is 12.0 Å². The fraction of sp³-hybridized carbons (Fsp3) is 0.200. The van der Waals surface area contributed by atoms with Crippen molar-refractivity contribution in [2.75, 3.05) is 24.8 Å². The van der Waals surface area contributed by atoms with Crippen LogP contribution in [0, 0.1) is 11.6 Å². The van der Waals surface area contributed by atoms with Crippen LogP contribution >= 0.6 is 0 Å². The summed E-state index contributed by atoms with van der Waals surface area (Å²) in [5.74, 6) is -0.427. The maximum absolute atomic E-state index is 13.9. The van der Waals surface area contributed by atoms with Gasteiger partial charge >= 0.3 is 0 Å². The van der Waals surface area contributed by atoms with Crippen molar-refractivity contribution in [2.24, 2.45) is 0 Å². The minimum absolute atomic E-state index is 0.0205. The van der Waals surface area contributed by atoms with Crippen molar-refractivity contribution in [1.29, 1.82) is 0 Å². The molecule has 1 N–H and O–H groups in total. The Labute approximate surface area is 192 Å². The van der Waals surface area contributed by atoms with Crippen LogP contribution in [0.25, 0.3) is 0 Å². The van der Waals surface area contributed by atoms with E-state index in [1.165, 1.54) is 4.90 Å². The minimum atomic E-state index is -1.12. The lowest BCUT2D eigenvalue weighted by Crippen LogP contribution is -2.46. The summed E-state index contributed by atoms with van der Waals surface area (Å²) in [6.45, 7) is -0.317. The van der Waals surface area contributed by atoms with E-state index in [2.05, 4.69) is 5.32 Å².